The SMILES string of the molecule is CC(C)(C)OC(=O)NCCCCNC(=O)Cc1cc(=O)oc2ccc(O)cc12. The Morgan fingerprint density at radius 2 is 1.79 bits per heavy atom. The van der Waals surface area contributed by atoms with Crippen molar-refractivity contribution in [3.8, 4) is 5.75 Å². The molecule has 28 heavy (non-hydrogen) atoms. The fraction of sp³-hybridized carbons (Fsp3) is 0.450. The lowest BCUT2D eigenvalue weighted by Crippen LogP contribution is -2.33. The van der Waals surface area contributed by atoms with E-state index in [0.717, 1.165) is 0 Å². The molecule has 0 aliphatic carbocycles. The molecule has 8 nitrogen and oxygen atoms in total. The van der Waals surface area contributed by atoms with Gasteiger partial charge in [-0.25, -0.2) is 9.59 Å². The van der Waals surface area contributed by atoms with E-state index in [1.54, 1.807) is 20.8 Å². The van der Waals surface area contributed by atoms with Crippen LogP contribution in [0.3, 0.4) is 0 Å². The molecular weight excluding hydrogens is 364 g/mol. The molecule has 0 unspecified atom stereocenters. The Balaban J connectivity index is 1.76. The molecular formula is C20H26N2O6. The number of phenolic OH excluding ortho intramolecular Hbond substituents is 1. The van der Waals surface area contributed by atoms with E-state index >= 15 is 0 Å². The second kappa shape index (κ2) is 9.25. The number of unbranched alkanes of at least 4 members (excludes halogenated alkanes) is 1. The van der Waals surface area contributed by atoms with Crippen molar-refractivity contribution < 1.29 is 23.8 Å². The smallest absolute Gasteiger partial charge is 0.407 e. The summed E-state index contributed by atoms with van der Waals surface area (Å²) < 4.78 is 10.2. The molecule has 0 radical (unpaired) electrons. The van der Waals surface area contributed by atoms with Gasteiger partial charge in [0.05, 0.1) is 6.42 Å². The zero-order valence-electron chi connectivity index (χ0n) is 16.3. The summed E-state index contributed by atoms with van der Waals surface area (Å²) in [6.45, 7) is 6.28. The van der Waals surface area contributed by atoms with Crippen molar-refractivity contribution in [2.45, 2.75) is 45.6 Å². The molecule has 2 rings (SSSR count). The number of hydrogen-bond donors (Lipinski definition) is 3. The second-order valence-corrected chi connectivity index (χ2v) is 7.43. The molecule has 0 aliphatic rings. The van der Waals surface area contributed by atoms with E-state index in [1.165, 1.54) is 24.3 Å². The molecule has 152 valence electrons. The van der Waals surface area contributed by atoms with Crippen LogP contribution in [-0.4, -0.2) is 35.8 Å². The third-order valence-electron chi connectivity index (χ3n) is 3.76. The Bertz CT molecular complexity index is 898. The monoisotopic (exact) mass is 390 g/mol. The number of hydrogen-bond acceptors (Lipinski definition) is 6. The number of carbonyl (C=O) groups is 2. The summed E-state index contributed by atoms with van der Waals surface area (Å²) in [6.07, 6.45) is 0.905. The number of alkyl carbamates (subject to hydrolysis) is 1. The van der Waals surface area contributed by atoms with Crippen LogP contribution in [0.1, 0.15) is 39.2 Å². The highest BCUT2D eigenvalue weighted by atomic mass is 16.6. The van der Waals surface area contributed by atoms with Crippen LogP contribution in [0.5, 0.6) is 5.75 Å². The molecule has 3 N–H and O–H groups in total. The minimum absolute atomic E-state index is 0.00170. The molecule has 0 saturated carbocycles. The maximum absolute atomic E-state index is 12.2. The maximum Gasteiger partial charge on any atom is 0.407 e. The predicted molar refractivity (Wildman–Crippen MR) is 104 cm³/mol. The van der Waals surface area contributed by atoms with Crippen molar-refractivity contribution in [2.24, 2.45) is 0 Å². The quantitative estimate of drug-likeness (QED) is 0.494. The van der Waals surface area contributed by atoms with Crippen LogP contribution in [0.15, 0.2) is 33.5 Å². The standard InChI is InChI=1S/C20H26N2O6/c1-20(2,3)28-19(26)22-9-5-4-8-21-17(24)10-13-11-18(25)27-16-7-6-14(23)12-15(13)16/h6-7,11-12,23H,4-5,8-10H2,1-3H3,(H,21,24)(H,22,26). The van der Waals surface area contributed by atoms with Gasteiger partial charge >= 0.3 is 11.7 Å². The minimum Gasteiger partial charge on any atom is -0.508 e. The van der Waals surface area contributed by atoms with E-state index in [1.807, 2.05) is 0 Å². The van der Waals surface area contributed by atoms with Crippen molar-refractivity contribution >= 4 is 23.0 Å². The summed E-state index contributed by atoms with van der Waals surface area (Å²) in [4.78, 5) is 35.3. The van der Waals surface area contributed by atoms with Crippen LogP contribution in [0.25, 0.3) is 11.0 Å². The Hall–Kier alpha value is -3.03. The molecule has 1 aromatic carbocycles. The van der Waals surface area contributed by atoms with Gasteiger partial charge in [-0.15, -0.1) is 0 Å². The lowest BCUT2D eigenvalue weighted by molar-refractivity contribution is -0.120. The summed E-state index contributed by atoms with van der Waals surface area (Å²) in [7, 11) is 0. The first kappa shape index (κ1) is 21.3. The highest BCUT2D eigenvalue weighted by Crippen LogP contribution is 2.22. The first-order valence-corrected chi connectivity index (χ1v) is 9.13. The van der Waals surface area contributed by atoms with E-state index in [0.29, 0.717) is 42.5 Å². The number of amides is 2. The Morgan fingerprint density at radius 3 is 2.46 bits per heavy atom. The topological polar surface area (TPSA) is 118 Å². The van der Waals surface area contributed by atoms with Crippen LogP contribution in [0.2, 0.25) is 0 Å². The van der Waals surface area contributed by atoms with E-state index in [2.05, 4.69) is 10.6 Å². The summed E-state index contributed by atoms with van der Waals surface area (Å²) >= 11 is 0. The Kier molecular flexibility index (Phi) is 7.03. The van der Waals surface area contributed by atoms with Gasteiger partial charge < -0.3 is 24.9 Å². The second-order valence-electron chi connectivity index (χ2n) is 7.43. The highest BCUT2D eigenvalue weighted by Gasteiger charge is 2.15. The number of aromatic hydroxyl groups is 1. The van der Waals surface area contributed by atoms with Crippen LogP contribution >= 0.6 is 0 Å². The van der Waals surface area contributed by atoms with Crippen molar-refractivity contribution in [1.82, 2.24) is 10.6 Å². The first-order chi connectivity index (χ1) is 13.1. The lowest BCUT2D eigenvalue weighted by atomic mass is 10.1. The van der Waals surface area contributed by atoms with E-state index in [-0.39, 0.29) is 18.1 Å². The molecule has 0 fully saturated rings. The van der Waals surface area contributed by atoms with Gasteiger partial charge in [-0.1, -0.05) is 0 Å². The summed E-state index contributed by atoms with van der Waals surface area (Å²) in [6, 6.07) is 5.63. The van der Waals surface area contributed by atoms with Crippen molar-refractivity contribution in [2.75, 3.05) is 13.1 Å². The summed E-state index contributed by atoms with van der Waals surface area (Å²) in [5.74, 6) is -0.212. The third-order valence-corrected chi connectivity index (χ3v) is 3.76. The zero-order chi connectivity index (χ0) is 20.7. The first-order valence-electron chi connectivity index (χ1n) is 9.13. The van der Waals surface area contributed by atoms with Gasteiger partial charge in [-0.05, 0) is 57.4 Å². The van der Waals surface area contributed by atoms with Crippen molar-refractivity contribution in [1.29, 1.82) is 0 Å². The number of phenols is 1. The zero-order valence-corrected chi connectivity index (χ0v) is 16.3. The van der Waals surface area contributed by atoms with Gasteiger partial charge in [-0.3, -0.25) is 4.79 Å². The van der Waals surface area contributed by atoms with Crippen LogP contribution in [0.4, 0.5) is 4.79 Å². The number of rotatable bonds is 7. The Labute approximate surface area is 162 Å². The number of carbonyl (C=O) groups excluding carboxylic acids is 2. The number of ether oxygens (including phenoxy) is 1. The third kappa shape index (κ3) is 6.94. The van der Waals surface area contributed by atoms with Gasteiger partial charge in [0.1, 0.15) is 16.9 Å². The van der Waals surface area contributed by atoms with Gasteiger partial charge in [0.15, 0.2) is 0 Å². The summed E-state index contributed by atoms with van der Waals surface area (Å²) in [5.41, 5.74) is -0.269. The average Bonchev–Trinajstić information content (AvgIpc) is 2.57. The van der Waals surface area contributed by atoms with Crippen LogP contribution in [0, 0.1) is 0 Å². The molecule has 0 atom stereocenters. The Morgan fingerprint density at radius 1 is 1.11 bits per heavy atom. The van der Waals surface area contributed by atoms with Crippen molar-refractivity contribution in [3.05, 3.63) is 40.2 Å². The molecule has 1 heterocycles. The largest absolute Gasteiger partial charge is 0.508 e. The molecule has 0 aliphatic heterocycles. The number of fused-ring (bicyclic) bond motifs is 1. The van der Waals surface area contributed by atoms with Crippen LogP contribution < -0.4 is 16.3 Å². The molecule has 1 aromatic heterocycles. The highest BCUT2D eigenvalue weighted by molar-refractivity contribution is 5.87. The number of benzene rings is 1. The van der Waals surface area contributed by atoms with Gasteiger partial charge in [-0.2, -0.15) is 0 Å². The fourth-order valence-corrected chi connectivity index (χ4v) is 2.58. The summed E-state index contributed by atoms with van der Waals surface area (Å²) in [5, 5.41) is 15.6. The van der Waals surface area contributed by atoms with E-state index in [9.17, 15) is 19.5 Å². The lowest BCUT2D eigenvalue weighted by Gasteiger charge is -2.19. The predicted octanol–water partition coefficient (Wildman–Crippen LogP) is 2.46. The molecule has 2 aromatic rings. The number of nitrogens with one attached hydrogen (secondary N) is 2. The molecule has 0 spiro atoms. The average molecular weight is 390 g/mol. The van der Waals surface area contributed by atoms with Gasteiger partial charge in [0, 0.05) is 24.5 Å². The van der Waals surface area contributed by atoms with E-state index in [4.69, 9.17) is 9.15 Å². The van der Waals surface area contributed by atoms with Crippen molar-refractivity contribution in [3.63, 3.8) is 0 Å². The molecule has 8 heteroatoms. The molecule has 0 bridgehead atoms. The fourth-order valence-electron chi connectivity index (χ4n) is 2.58. The van der Waals surface area contributed by atoms with Gasteiger partial charge in [0.2, 0.25) is 5.91 Å². The van der Waals surface area contributed by atoms with Gasteiger partial charge in [0.25, 0.3) is 0 Å². The maximum atomic E-state index is 12.2. The molecule has 2 amide bonds. The van der Waals surface area contributed by atoms with Crippen LogP contribution in [-0.2, 0) is 16.0 Å². The minimum atomic E-state index is -0.547. The normalized spacial score (nSPS) is 11.2. The van der Waals surface area contributed by atoms with E-state index < -0.39 is 17.3 Å². The molecule has 0 saturated heterocycles.